The maximum atomic E-state index is 9.73. The Hall–Kier alpha value is -0.240. The van der Waals surface area contributed by atoms with E-state index in [1.54, 1.807) is 0 Å². The fourth-order valence-electron chi connectivity index (χ4n) is 0.0940. The number of hydrogen-bond acceptors (Lipinski definition) is 2. The smallest absolute Gasteiger partial charge is 0.250 e. The number of hydrogen-bond donors (Lipinski definition) is 4. The van der Waals surface area contributed by atoms with Crippen LogP contribution in [0.1, 0.15) is 0 Å². The van der Waals surface area contributed by atoms with Crippen molar-refractivity contribution in [3.63, 3.8) is 0 Å². The molecule has 8 heavy (non-hydrogen) atoms. The van der Waals surface area contributed by atoms with Gasteiger partial charge in [-0.05, 0) is 12.2 Å². The molecule has 1 atom stereocenters. The number of hydrazine groups is 1. The summed E-state index contributed by atoms with van der Waals surface area (Å²) in [6.07, 6.45) is 0. The van der Waals surface area contributed by atoms with Crippen molar-refractivity contribution in [2.45, 2.75) is 0 Å². The average molecular weight is 155 g/mol. The van der Waals surface area contributed by atoms with Gasteiger partial charge < -0.3 is 5.73 Å². The molecule has 0 heterocycles. The van der Waals surface area contributed by atoms with E-state index >= 15 is 0 Å². The van der Waals surface area contributed by atoms with Crippen molar-refractivity contribution in [2.75, 3.05) is 0 Å². The molecular weight excluding hydrogens is 150 g/mol. The second kappa shape index (κ2) is 3.72. The molecule has 0 fully saturated rings. The summed E-state index contributed by atoms with van der Waals surface area (Å²) in [5.41, 5.74) is 6.91. The first-order valence-corrected chi connectivity index (χ1v) is 3.06. The van der Waals surface area contributed by atoms with Gasteiger partial charge in [0.15, 0.2) is 5.11 Å². The zero-order valence-electron chi connectivity index (χ0n) is 3.75. The molecule has 0 amide bonds. The van der Waals surface area contributed by atoms with Crippen molar-refractivity contribution < 1.29 is 8.76 Å². The Kier molecular flexibility index (Phi) is 3.61. The largest absolute Gasteiger partial charge is 0.375 e. The first kappa shape index (κ1) is 7.76. The standard InChI is InChI=1S/CH5N3O2S2/c2-1(7)3-4-8(5)6/h4H,(H,5,6)(H3,2,3,7). The molecule has 0 bridgehead atoms. The minimum atomic E-state index is -2.11. The Morgan fingerprint density at radius 3 is 2.50 bits per heavy atom. The molecule has 0 radical (unpaired) electrons. The Morgan fingerprint density at radius 2 is 2.38 bits per heavy atom. The highest BCUT2D eigenvalue weighted by Gasteiger charge is 1.87. The molecule has 7 heteroatoms. The molecule has 0 aromatic rings. The van der Waals surface area contributed by atoms with E-state index in [4.69, 9.17) is 10.3 Å². The highest BCUT2D eigenvalue weighted by atomic mass is 32.2. The summed E-state index contributed by atoms with van der Waals surface area (Å²) in [5.74, 6) is 0. The van der Waals surface area contributed by atoms with Gasteiger partial charge in [0.2, 0.25) is 11.3 Å². The monoisotopic (exact) mass is 155 g/mol. The van der Waals surface area contributed by atoms with Crippen LogP contribution in [0.2, 0.25) is 0 Å². The van der Waals surface area contributed by atoms with Crippen LogP contribution >= 0.6 is 12.2 Å². The minimum absolute atomic E-state index is 0.0765. The van der Waals surface area contributed by atoms with Crippen molar-refractivity contribution in [3.05, 3.63) is 0 Å². The number of thiocarbonyl (C=S) groups is 1. The third-order valence-electron chi connectivity index (χ3n) is 0.262. The summed E-state index contributed by atoms with van der Waals surface area (Å²) in [7, 11) is 0. The third kappa shape index (κ3) is 5.76. The quantitative estimate of drug-likeness (QED) is 0.220. The van der Waals surface area contributed by atoms with Gasteiger partial charge in [-0.15, -0.1) is 4.83 Å². The van der Waals surface area contributed by atoms with Crippen molar-refractivity contribution in [1.29, 1.82) is 0 Å². The highest BCUT2D eigenvalue weighted by molar-refractivity contribution is 7.80. The summed E-state index contributed by atoms with van der Waals surface area (Å²) in [4.78, 5) is 1.86. The van der Waals surface area contributed by atoms with Gasteiger partial charge in [-0.25, -0.2) is 4.21 Å². The van der Waals surface area contributed by atoms with Crippen molar-refractivity contribution in [2.24, 2.45) is 5.73 Å². The second-order valence-corrected chi connectivity index (χ2v) is 1.98. The van der Waals surface area contributed by atoms with Crippen molar-refractivity contribution >= 4 is 28.6 Å². The maximum absolute atomic E-state index is 9.73. The van der Waals surface area contributed by atoms with Crippen LogP contribution in [-0.4, -0.2) is 13.9 Å². The zero-order chi connectivity index (χ0) is 6.57. The molecule has 0 aromatic heterocycles. The van der Waals surface area contributed by atoms with Crippen LogP contribution in [-0.2, 0) is 11.3 Å². The molecule has 5 N–H and O–H groups in total. The molecule has 48 valence electrons. The molecule has 0 aliphatic rings. The number of nitrogens with two attached hydrogens (primary N) is 1. The van der Waals surface area contributed by atoms with Gasteiger partial charge in [0.25, 0.3) is 0 Å². The Bertz CT molecular complexity index is 99.9. The normalized spacial score (nSPS) is 12.6. The molecule has 0 spiro atoms. The van der Waals surface area contributed by atoms with Crippen LogP contribution in [0.25, 0.3) is 0 Å². The lowest BCUT2D eigenvalue weighted by molar-refractivity contribution is 0.545. The molecular formula is CH5N3O2S2. The van der Waals surface area contributed by atoms with Crippen molar-refractivity contribution in [1.82, 2.24) is 10.3 Å². The number of nitrogens with one attached hydrogen (secondary N) is 2. The zero-order valence-corrected chi connectivity index (χ0v) is 5.38. The molecule has 0 aliphatic heterocycles. The first-order chi connectivity index (χ1) is 3.63. The number of rotatable bonds is 2. The van der Waals surface area contributed by atoms with E-state index < -0.39 is 11.3 Å². The van der Waals surface area contributed by atoms with E-state index in [2.05, 4.69) is 17.6 Å². The van der Waals surface area contributed by atoms with Crippen LogP contribution in [0.4, 0.5) is 0 Å². The molecule has 0 saturated carbocycles. The average Bonchev–Trinajstić information content (AvgIpc) is 1.61. The SMILES string of the molecule is NC(=S)NNS(=O)O. The maximum Gasteiger partial charge on any atom is 0.250 e. The van der Waals surface area contributed by atoms with Gasteiger partial charge in [-0.2, -0.15) is 0 Å². The molecule has 0 aliphatic carbocycles. The van der Waals surface area contributed by atoms with E-state index in [1.807, 2.05) is 4.83 Å². The van der Waals surface area contributed by atoms with Crippen LogP contribution < -0.4 is 16.0 Å². The fourth-order valence-corrected chi connectivity index (χ4v) is 0.407. The lowest BCUT2D eigenvalue weighted by Crippen LogP contribution is -2.41. The van der Waals surface area contributed by atoms with E-state index in [0.29, 0.717) is 0 Å². The predicted octanol–water partition coefficient (Wildman–Crippen LogP) is -1.54. The Balaban J connectivity index is 3.18. The molecule has 1 unspecified atom stereocenters. The molecule has 0 saturated heterocycles. The topological polar surface area (TPSA) is 87.4 Å². The van der Waals surface area contributed by atoms with Crippen LogP contribution in [0.15, 0.2) is 0 Å². The first-order valence-electron chi connectivity index (χ1n) is 1.55. The highest BCUT2D eigenvalue weighted by Crippen LogP contribution is 1.55. The van der Waals surface area contributed by atoms with E-state index in [-0.39, 0.29) is 5.11 Å². The van der Waals surface area contributed by atoms with Crippen LogP contribution in [0.3, 0.4) is 0 Å². The van der Waals surface area contributed by atoms with E-state index in [9.17, 15) is 4.21 Å². The molecule has 0 aromatic carbocycles. The summed E-state index contributed by atoms with van der Waals surface area (Å²) in [6, 6.07) is 0. The van der Waals surface area contributed by atoms with Gasteiger partial charge in [0.05, 0.1) is 0 Å². The fraction of sp³-hybridized carbons (Fsp3) is 0. The van der Waals surface area contributed by atoms with Gasteiger partial charge in [0, 0.05) is 0 Å². The Morgan fingerprint density at radius 1 is 1.88 bits per heavy atom. The second-order valence-electron chi connectivity index (χ2n) is 0.840. The Labute approximate surface area is 54.0 Å². The third-order valence-corrected chi connectivity index (χ3v) is 0.640. The summed E-state index contributed by atoms with van der Waals surface area (Å²) < 4.78 is 17.7. The molecule has 0 rings (SSSR count). The van der Waals surface area contributed by atoms with Gasteiger partial charge in [-0.3, -0.25) is 9.98 Å². The minimum Gasteiger partial charge on any atom is -0.375 e. The van der Waals surface area contributed by atoms with Gasteiger partial charge in [-0.1, -0.05) is 0 Å². The van der Waals surface area contributed by atoms with Crippen molar-refractivity contribution in [3.8, 4) is 0 Å². The summed E-state index contributed by atoms with van der Waals surface area (Å²) >= 11 is 2.16. The van der Waals surface area contributed by atoms with Crippen LogP contribution in [0.5, 0.6) is 0 Å². The van der Waals surface area contributed by atoms with Gasteiger partial charge >= 0.3 is 0 Å². The summed E-state index contributed by atoms with van der Waals surface area (Å²) in [5, 5.41) is -0.0765. The van der Waals surface area contributed by atoms with Gasteiger partial charge in [0.1, 0.15) is 0 Å². The predicted molar refractivity (Wildman–Crippen MR) is 33.8 cm³/mol. The molecule has 5 nitrogen and oxygen atoms in total. The summed E-state index contributed by atoms with van der Waals surface area (Å²) in [6.45, 7) is 0. The van der Waals surface area contributed by atoms with E-state index in [0.717, 1.165) is 0 Å². The van der Waals surface area contributed by atoms with E-state index in [1.165, 1.54) is 0 Å². The van der Waals surface area contributed by atoms with Crippen LogP contribution in [0, 0.1) is 0 Å². The lowest BCUT2D eigenvalue weighted by Gasteiger charge is -1.97. The lowest BCUT2D eigenvalue weighted by atomic mass is 11.2.